The maximum absolute atomic E-state index is 6.53. The molecule has 0 saturated carbocycles. The van der Waals surface area contributed by atoms with Gasteiger partial charge >= 0.3 is 0 Å². The van der Waals surface area contributed by atoms with Crippen molar-refractivity contribution in [1.29, 1.82) is 0 Å². The van der Waals surface area contributed by atoms with E-state index in [0.29, 0.717) is 0 Å². The van der Waals surface area contributed by atoms with E-state index in [9.17, 15) is 0 Å². The lowest BCUT2D eigenvalue weighted by Gasteiger charge is -2.45. The normalized spacial score (nSPS) is 14.6. The van der Waals surface area contributed by atoms with Gasteiger partial charge in [0.2, 0.25) is 0 Å². The van der Waals surface area contributed by atoms with Crippen molar-refractivity contribution < 1.29 is 13.3 Å². The molecule has 22 heavy (non-hydrogen) atoms. The summed E-state index contributed by atoms with van der Waals surface area (Å²) in [5.41, 5.74) is 0. The van der Waals surface area contributed by atoms with Crippen molar-refractivity contribution in [2.45, 2.75) is 96.6 Å². The molecule has 0 radical (unpaired) electrons. The van der Waals surface area contributed by atoms with E-state index in [1.807, 2.05) is 0 Å². The standard InChI is InChI=1S/C15H40O3Si4/c1-20(2,3)16-15(17-21(4,5)6,18-22(7,8)9)13-11-10-12-14-19/h10-14H2,1-9,19H3. The molecule has 0 aromatic heterocycles. The van der Waals surface area contributed by atoms with Crippen LogP contribution in [0.5, 0.6) is 0 Å². The van der Waals surface area contributed by atoms with E-state index in [4.69, 9.17) is 13.3 Å². The van der Waals surface area contributed by atoms with E-state index in [1.54, 1.807) is 0 Å². The molecule has 0 aliphatic carbocycles. The second-order valence-electron chi connectivity index (χ2n) is 9.14. The van der Waals surface area contributed by atoms with E-state index in [-0.39, 0.29) is 0 Å². The predicted octanol–water partition coefficient (Wildman–Crippen LogP) is 4.54. The van der Waals surface area contributed by atoms with E-state index in [0.717, 1.165) is 12.8 Å². The monoisotopic (exact) mass is 380 g/mol. The average molecular weight is 381 g/mol. The second kappa shape index (κ2) is 8.73. The predicted molar refractivity (Wildman–Crippen MR) is 109 cm³/mol. The van der Waals surface area contributed by atoms with Crippen LogP contribution in [-0.2, 0) is 13.3 Å². The summed E-state index contributed by atoms with van der Waals surface area (Å²) in [6.45, 7) is 20.0. The van der Waals surface area contributed by atoms with Crippen LogP contribution in [0.4, 0.5) is 0 Å². The van der Waals surface area contributed by atoms with Gasteiger partial charge in [-0.1, -0.05) is 18.9 Å². The maximum atomic E-state index is 6.53. The third-order valence-corrected chi connectivity index (χ3v) is 6.20. The van der Waals surface area contributed by atoms with Gasteiger partial charge in [-0.3, -0.25) is 0 Å². The van der Waals surface area contributed by atoms with Gasteiger partial charge in [0.05, 0.1) is 0 Å². The van der Waals surface area contributed by atoms with E-state index >= 15 is 0 Å². The summed E-state index contributed by atoms with van der Waals surface area (Å²) >= 11 is 0. The first kappa shape index (κ1) is 22.7. The molecule has 0 aromatic carbocycles. The van der Waals surface area contributed by atoms with Crippen molar-refractivity contribution in [1.82, 2.24) is 0 Å². The fraction of sp³-hybridized carbons (Fsp3) is 1.00. The van der Waals surface area contributed by atoms with Crippen LogP contribution >= 0.6 is 0 Å². The molecular weight excluding hydrogens is 341 g/mol. The van der Waals surface area contributed by atoms with Gasteiger partial charge in [0, 0.05) is 16.7 Å². The minimum Gasteiger partial charge on any atom is -0.371 e. The molecule has 0 saturated heterocycles. The summed E-state index contributed by atoms with van der Waals surface area (Å²) in [4.78, 5) is 0. The molecule has 0 bridgehead atoms. The molecule has 0 aromatic rings. The Morgan fingerprint density at radius 3 is 1.27 bits per heavy atom. The van der Waals surface area contributed by atoms with Crippen molar-refractivity contribution in [2.24, 2.45) is 0 Å². The lowest BCUT2D eigenvalue weighted by atomic mass is 10.2. The summed E-state index contributed by atoms with van der Waals surface area (Å²) in [5, 5.41) is 0. The first-order valence-electron chi connectivity index (χ1n) is 8.79. The highest BCUT2D eigenvalue weighted by molar-refractivity contribution is 6.72. The molecule has 0 aliphatic heterocycles. The summed E-state index contributed by atoms with van der Waals surface area (Å²) in [7, 11) is -3.98. The number of hydrogen-bond donors (Lipinski definition) is 0. The van der Waals surface area contributed by atoms with Gasteiger partial charge in [-0.2, -0.15) is 0 Å². The Kier molecular flexibility index (Phi) is 9.03. The Labute approximate surface area is 145 Å². The highest BCUT2D eigenvalue weighted by Gasteiger charge is 2.44. The van der Waals surface area contributed by atoms with Crippen molar-refractivity contribution in [2.75, 3.05) is 0 Å². The summed E-state index contributed by atoms with van der Waals surface area (Å²) < 4.78 is 19.6. The van der Waals surface area contributed by atoms with Crippen LogP contribution in [0.1, 0.15) is 25.7 Å². The molecule has 0 rings (SSSR count). The van der Waals surface area contributed by atoms with Gasteiger partial charge in [-0.15, -0.1) is 0 Å². The van der Waals surface area contributed by atoms with Crippen molar-refractivity contribution in [3.63, 3.8) is 0 Å². The number of hydrogen-bond acceptors (Lipinski definition) is 3. The van der Waals surface area contributed by atoms with Crippen LogP contribution in [0.25, 0.3) is 0 Å². The van der Waals surface area contributed by atoms with Crippen LogP contribution in [0.3, 0.4) is 0 Å². The Balaban J connectivity index is 5.30. The minimum absolute atomic E-state index is 0.801. The van der Waals surface area contributed by atoms with Crippen LogP contribution in [0.15, 0.2) is 0 Å². The third kappa shape index (κ3) is 12.2. The van der Waals surface area contributed by atoms with Gasteiger partial charge in [0.15, 0.2) is 25.0 Å². The highest BCUT2D eigenvalue weighted by Crippen LogP contribution is 2.33. The molecular formula is C15H40O3Si4. The molecule has 0 fully saturated rings. The topological polar surface area (TPSA) is 27.7 Å². The Hall–Kier alpha value is 0.748. The molecule has 0 N–H and O–H groups in total. The van der Waals surface area contributed by atoms with Crippen LogP contribution in [0, 0.1) is 0 Å². The highest BCUT2D eigenvalue weighted by atomic mass is 28.4. The average Bonchev–Trinajstić information content (AvgIpc) is 2.16. The van der Waals surface area contributed by atoms with Crippen LogP contribution < -0.4 is 0 Å². The van der Waals surface area contributed by atoms with Crippen LogP contribution in [-0.4, -0.2) is 41.2 Å². The number of rotatable bonds is 11. The fourth-order valence-electron chi connectivity index (χ4n) is 2.38. The Morgan fingerprint density at radius 1 is 0.636 bits per heavy atom. The van der Waals surface area contributed by atoms with Crippen molar-refractivity contribution in [3.05, 3.63) is 0 Å². The Bertz CT molecular complexity index is 275. The third-order valence-electron chi connectivity index (χ3n) is 2.72. The zero-order chi connectivity index (χ0) is 17.7. The van der Waals surface area contributed by atoms with Gasteiger partial charge < -0.3 is 13.3 Å². The molecule has 0 atom stereocenters. The van der Waals surface area contributed by atoms with E-state index in [1.165, 1.54) is 29.1 Å². The van der Waals surface area contributed by atoms with Gasteiger partial charge in [0.1, 0.15) is 0 Å². The zero-order valence-electron chi connectivity index (χ0n) is 16.8. The smallest absolute Gasteiger partial charge is 0.254 e. The molecule has 0 heterocycles. The molecule has 0 spiro atoms. The molecule has 7 heteroatoms. The maximum Gasteiger partial charge on any atom is 0.254 e. The Morgan fingerprint density at radius 2 is 1.00 bits per heavy atom. The molecule has 3 nitrogen and oxygen atoms in total. The zero-order valence-corrected chi connectivity index (χ0v) is 21.8. The van der Waals surface area contributed by atoms with E-state index in [2.05, 4.69) is 58.9 Å². The van der Waals surface area contributed by atoms with Crippen LogP contribution in [0.2, 0.25) is 65.0 Å². The van der Waals surface area contributed by atoms with Gasteiger partial charge in [-0.05, 0) is 65.3 Å². The van der Waals surface area contributed by atoms with E-state index < -0.39 is 30.9 Å². The first-order chi connectivity index (χ1) is 9.68. The lowest BCUT2D eigenvalue weighted by Crippen LogP contribution is -2.55. The number of unbranched alkanes of at least 4 members (excludes halogenated alkanes) is 2. The van der Waals surface area contributed by atoms with Crippen molar-refractivity contribution >= 4 is 35.2 Å². The summed E-state index contributed by atoms with van der Waals surface area (Å²) in [5.74, 6) is -0.801. The van der Waals surface area contributed by atoms with Gasteiger partial charge in [-0.25, -0.2) is 0 Å². The molecule has 0 amide bonds. The molecule has 0 unspecified atom stereocenters. The SMILES string of the molecule is C[Si](C)(C)OC(CCCCC[SiH3])(O[Si](C)(C)C)O[Si](C)(C)C. The molecule has 0 aliphatic rings. The van der Waals surface area contributed by atoms with Crippen molar-refractivity contribution in [3.8, 4) is 0 Å². The quantitative estimate of drug-likeness (QED) is 0.299. The van der Waals surface area contributed by atoms with Gasteiger partial charge in [0.25, 0.3) is 5.97 Å². The first-order valence-corrected chi connectivity index (χ1v) is 20.4. The molecule has 134 valence electrons. The largest absolute Gasteiger partial charge is 0.371 e. The minimum atomic E-state index is -1.76. The fourth-order valence-corrected chi connectivity index (χ4v) is 6.49. The summed E-state index contributed by atoms with van der Waals surface area (Å²) in [6.07, 6.45) is 4.58. The lowest BCUT2D eigenvalue weighted by molar-refractivity contribution is -0.274. The summed E-state index contributed by atoms with van der Waals surface area (Å²) in [6, 6.07) is 1.38. The second-order valence-corrected chi connectivity index (χ2v) is 23.4.